The fraction of sp³-hybridized carbons (Fsp3) is 0.200. The van der Waals surface area contributed by atoms with Crippen LogP contribution >= 0.6 is 22.9 Å². The van der Waals surface area contributed by atoms with Crippen LogP contribution in [0.4, 0.5) is 0 Å². The van der Waals surface area contributed by atoms with Crippen LogP contribution < -0.4 is 4.74 Å². The highest BCUT2D eigenvalue weighted by atomic mass is 35.5. The molecule has 0 unspecified atom stereocenters. The number of aliphatic hydroxyl groups is 1. The van der Waals surface area contributed by atoms with Crippen molar-refractivity contribution in [1.29, 1.82) is 0 Å². The topological polar surface area (TPSA) is 29.5 Å². The fourth-order valence-corrected chi connectivity index (χ4v) is 2.65. The minimum absolute atomic E-state index is 0.0342. The number of hydrogen-bond donors (Lipinski definition) is 1. The Balaban J connectivity index is 2.75. The van der Waals surface area contributed by atoms with Crippen LogP contribution in [-0.4, -0.2) is 12.2 Å². The molecule has 2 rings (SSSR count). The number of hydrogen-bond acceptors (Lipinski definition) is 3. The van der Waals surface area contributed by atoms with Gasteiger partial charge in [-0.15, -0.1) is 11.3 Å². The van der Waals surface area contributed by atoms with Gasteiger partial charge in [0.2, 0.25) is 0 Å². The molecule has 2 aromatic rings. The largest absolute Gasteiger partial charge is 0.496 e. The number of thiophene rings is 1. The van der Waals surface area contributed by atoms with Gasteiger partial charge in [0.1, 0.15) is 5.75 Å². The molecule has 0 aliphatic carbocycles. The third-order valence-corrected chi connectivity index (χ3v) is 3.35. The molecule has 0 bridgehead atoms. The van der Waals surface area contributed by atoms with Gasteiger partial charge in [0.15, 0.2) is 0 Å². The average molecular weight is 229 g/mol. The minimum atomic E-state index is -0.0342. The van der Waals surface area contributed by atoms with E-state index in [9.17, 15) is 5.11 Å². The fourth-order valence-electron chi connectivity index (χ4n) is 1.47. The molecule has 2 nitrogen and oxygen atoms in total. The third-order valence-electron chi connectivity index (χ3n) is 2.12. The number of benzene rings is 1. The summed E-state index contributed by atoms with van der Waals surface area (Å²) in [5.74, 6) is 0.703. The van der Waals surface area contributed by atoms with Gasteiger partial charge >= 0.3 is 0 Å². The lowest BCUT2D eigenvalue weighted by Gasteiger charge is -2.06. The Labute approximate surface area is 90.7 Å². The monoisotopic (exact) mass is 228 g/mol. The van der Waals surface area contributed by atoms with Gasteiger partial charge in [0.25, 0.3) is 0 Å². The molecular weight excluding hydrogens is 220 g/mol. The molecule has 1 aromatic carbocycles. The molecule has 0 saturated carbocycles. The van der Waals surface area contributed by atoms with Crippen molar-refractivity contribution in [3.8, 4) is 5.75 Å². The summed E-state index contributed by atoms with van der Waals surface area (Å²) in [5, 5.41) is 10.2. The zero-order chi connectivity index (χ0) is 10.1. The number of halogens is 1. The quantitative estimate of drug-likeness (QED) is 0.856. The van der Waals surface area contributed by atoms with Gasteiger partial charge in [-0.3, -0.25) is 0 Å². The number of aliphatic hydroxyl groups excluding tert-OH is 1. The molecule has 1 N–H and O–H groups in total. The Morgan fingerprint density at radius 1 is 1.50 bits per heavy atom. The maximum Gasteiger partial charge on any atom is 0.125 e. The normalized spacial score (nSPS) is 10.8. The summed E-state index contributed by atoms with van der Waals surface area (Å²) in [7, 11) is 1.59. The van der Waals surface area contributed by atoms with Crippen molar-refractivity contribution in [2.45, 2.75) is 6.61 Å². The van der Waals surface area contributed by atoms with Crippen LogP contribution in [0, 0.1) is 0 Å². The summed E-state index contributed by atoms with van der Waals surface area (Å²) in [4.78, 5) is 0. The zero-order valence-electron chi connectivity index (χ0n) is 7.58. The number of fused-ring (bicyclic) bond motifs is 1. The van der Waals surface area contributed by atoms with Crippen LogP contribution in [0.3, 0.4) is 0 Å². The van der Waals surface area contributed by atoms with Gasteiger partial charge in [-0.1, -0.05) is 11.6 Å². The summed E-state index contributed by atoms with van der Waals surface area (Å²) in [6.07, 6.45) is 0. The third kappa shape index (κ3) is 1.47. The van der Waals surface area contributed by atoms with Crippen molar-refractivity contribution in [2.24, 2.45) is 0 Å². The Morgan fingerprint density at radius 3 is 2.93 bits per heavy atom. The smallest absolute Gasteiger partial charge is 0.125 e. The minimum Gasteiger partial charge on any atom is -0.496 e. The van der Waals surface area contributed by atoms with Gasteiger partial charge in [0, 0.05) is 15.6 Å². The predicted octanol–water partition coefficient (Wildman–Crippen LogP) is 3.06. The first-order chi connectivity index (χ1) is 6.76. The average Bonchev–Trinajstić information content (AvgIpc) is 2.56. The molecule has 0 amide bonds. The van der Waals surface area contributed by atoms with Crippen molar-refractivity contribution in [3.63, 3.8) is 0 Å². The molecule has 1 aromatic heterocycles. The molecule has 4 heteroatoms. The molecular formula is C10H9ClO2S. The molecule has 0 fully saturated rings. The molecule has 0 radical (unpaired) electrons. The number of ether oxygens (including phenoxy) is 1. The molecule has 1 heterocycles. The van der Waals surface area contributed by atoms with Crippen LogP contribution in [0.5, 0.6) is 5.75 Å². The van der Waals surface area contributed by atoms with Crippen LogP contribution in [0.25, 0.3) is 10.1 Å². The Morgan fingerprint density at radius 2 is 2.29 bits per heavy atom. The van der Waals surface area contributed by atoms with Crippen LogP contribution in [0.15, 0.2) is 18.2 Å². The Kier molecular flexibility index (Phi) is 2.63. The van der Waals surface area contributed by atoms with E-state index in [0.717, 1.165) is 20.0 Å². The molecule has 74 valence electrons. The second-order valence-electron chi connectivity index (χ2n) is 2.87. The van der Waals surface area contributed by atoms with Crippen molar-refractivity contribution < 1.29 is 9.84 Å². The predicted molar refractivity (Wildman–Crippen MR) is 59.3 cm³/mol. The van der Waals surface area contributed by atoms with Crippen molar-refractivity contribution >= 4 is 33.0 Å². The van der Waals surface area contributed by atoms with E-state index in [1.165, 1.54) is 11.3 Å². The van der Waals surface area contributed by atoms with Crippen LogP contribution in [0.2, 0.25) is 4.34 Å². The molecule has 14 heavy (non-hydrogen) atoms. The number of rotatable bonds is 2. The standard InChI is InChI=1S/C10H9ClO2S/c1-13-8-2-3-9-6(7(8)5-12)4-10(11)14-9/h2-4,12H,5H2,1H3. The highest BCUT2D eigenvalue weighted by Crippen LogP contribution is 2.35. The highest BCUT2D eigenvalue weighted by Gasteiger charge is 2.09. The van der Waals surface area contributed by atoms with Crippen molar-refractivity contribution in [2.75, 3.05) is 7.11 Å². The van der Waals surface area contributed by atoms with Gasteiger partial charge in [0.05, 0.1) is 18.1 Å². The lowest BCUT2D eigenvalue weighted by atomic mass is 10.1. The maximum absolute atomic E-state index is 9.24. The molecule has 0 aliphatic rings. The molecule has 0 atom stereocenters. The SMILES string of the molecule is COc1ccc2sc(Cl)cc2c1CO. The first-order valence-electron chi connectivity index (χ1n) is 4.12. The van der Waals surface area contributed by atoms with E-state index in [1.807, 2.05) is 18.2 Å². The van der Waals surface area contributed by atoms with Crippen molar-refractivity contribution in [3.05, 3.63) is 28.1 Å². The maximum atomic E-state index is 9.24. The number of methoxy groups -OCH3 is 1. The van der Waals surface area contributed by atoms with E-state index in [0.29, 0.717) is 5.75 Å². The van der Waals surface area contributed by atoms with Gasteiger partial charge in [-0.05, 0) is 18.2 Å². The van der Waals surface area contributed by atoms with E-state index in [2.05, 4.69) is 0 Å². The first kappa shape index (κ1) is 9.77. The zero-order valence-corrected chi connectivity index (χ0v) is 9.15. The Bertz CT molecular complexity index is 464. The van der Waals surface area contributed by atoms with E-state index in [-0.39, 0.29) is 6.61 Å². The second kappa shape index (κ2) is 3.77. The lowest BCUT2D eigenvalue weighted by Crippen LogP contribution is -1.91. The lowest BCUT2D eigenvalue weighted by molar-refractivity contribution is 0.275. The summed E-state index contributed by atoms with van der Waals surface area (Å²) in [5.41, 5.74) is 0.799. The summed E-state index contributed by atoms with van der Waals surface area (Å²) < 4.78 is 6.95. The first-order valence-corrected chi connectivity index (χ1v) is 5.31. The van der Waals surface area contributed by atoms with E-state index in [4.69, 9.17) is 16.3 Å². The van der Waals surface area contributed by atoms with Gasteiger partial charge < -0.3 is 9.84 Å². The van der Waals surface area contributed by atoms with Crippen LogP contribution in [-0.2, 0) is 6.61 Å². The summed E-state index contributed by atoms with van der Waals surface area (Å²) >= 11 is 7.40. The van der Waals surface area contributed by atoms with E-state index in [1.54, 1.807) is 7.11 Å². The summed E-state index contributed by atoms with van der Waals surface area (Å²) in [6.45, 7) is -0.0342. The van der Waals surface area contributed by atoms with E-state index >= 15 is 0 Å². The van der Waals surface area contributed by atoms with Gasteiger partial charge in [-0.2, -0.15) is 0 Å². The molecule has 0 saturated heterocycles. The highest BCUT2D eigenvalue weighted by molar-refractivity contribution is 7.22. The molecule has 0 aliphatic heterocycles. The van der Waals surface area contributed by atoms with E-state index < -0.39 is 0 Å². The summed E-state index contributed by atoms with van der Waals surface area (Å²) in [6, 6.07) is 5.65. The molecule has 0 spiro atoms. The Hall–Kier alpha value is -0.770. The van der Waals surface area contributed by atoms with Gasteiger partial charge in [-0.25, -0.2) is 0 Å². The van der Waals surface area contributed by atoms with Crippen molar-refractivity contribution in [1.82, 2.24) is 0 Å². The van der Waals surface area contributed by atoms with Crippen LogP contribution in [0.1, 0.15) is 5.56 Å². The second-order valence-corrected chi connectivity index (χ2v) is 4.58.